The van der Waals surface area contributed by atoms with E-state index in [-0.39, 0.29) is 7.43 Å². The normalized spacial score (nSPS) is 13.1. The monoisotopic (exact) mass is 271 g/mol. The van der Waals surface area contributed by atoms with Gasteiger partial charge in [0.15, 0.2) is 0 Å². The van der Waals surface area contributed by atoms with Gasteiger partial charge in [-0.15, -0.1) is 0 Å². The molecule has 0 radical (unpaired) electrons. The van der Waals surface area contributed by atoms with E-state index in [1.165, 1.54) is 0 Å². The summed E-state index contributed by atoms with van der Waals surface area (Å²) < 4.78 is 0. The van der Waals surface area contributed by atoms with E-state index in [1.807, 2.05) is 0 Å². The first kappa shape index (κ1) is 19.5. The third-order valence-corrected chi connectivity index (χ3v) is 2.07. The minimum Gasteiger partial charge on any atom is -0.388 e. The predicted molar refractivity (Wildman–Crippen MR) is 82.8 cm³/mol. The Kier molecular flexibility index (Phi) is 13.0. The highest BCUT2D eigenvalue weighted by Gasteiger charge is 2.00. The van der Waals surface area contributed by atoms with Crippen molar-refractivity contribution in [1.82, 2.24) is 5.32 Å². The molecule has 7 heteroatoms. The van der Waals surface area contributed by atoms with E-state index >= 15 is 0 Å². The van der Waals surface area contributed by atoms with Crippen molar-refractivity contribution in [1.29, 1.82) is 0 Å². The maximum atomic E-state index is 5.69. The van der Waals surface area contributed by atoms with Gasteiger partial charge in [-0.1, -0.05) is 13.3 Å². The Labute approximate surface area is 116 Å². The zero-order valence-electron chi connectivity index (χ0n) is 12.4. The maximum Gasteiger partial charge on any atom is 0.348 e. The topological polar surface area (TPSA) is 129 Å². The second kappa shape index (κ2) is 12.7. The summed E-state index contributed by atoms with van der Waals surface area (Å²) in [5.74, 6) is 1.34. The van der Waals surface area contributed by atoms with Crippen LogP contribution in [0.1, 0.15) is 33.1 Å². The van der Waals surface area contributed by atoms with Crippen molar-refractivity contribution < 1.29 is 4.99 Å². The molecule has 7 nitrogen and oxygen atoms in total. The zero-order valence-corrected chi connectivity index (χ0v) is 12.4. The molecule has 112 valence electrons. The SMILES string of the molecule is CCCCN=C(N)NC(N)=[NH+]CCCN=C(C)N.[CH3-]. The molecule has 0 aromatic heterocycles. The highest BCUT2D eigenvalue weighted by Crippen LogP contribution is 1.85. The van der Waals surface area contributed by atoms with Gasteiger partial charge in [-0.2, -0.15) is 0 Å². The molecule has 0 bridgehead atoms. The van der Waals surface area contributed by atoms with Crippen molar-refractivity contribution in [3.8, 4) is 0 Å². The molecule has 19 heavy (non-hydrogen) atoms. The summed E-state index contributed by atoms with van der Waals surface area (Å²) in [6.45, 7) is 5.98. The molecule has 0 aliphatic carbocycles. The van der Waals surface area contributed by atoms with Gasteiger partial charge in [-0.3, -0.25) is 15.7 Å². The zero-order chi connectivity index (χ0) is 13.8. The van der Waals surface area contributed by atoms with Crippen molar-refractivity contribution >= 4 is 17.8 Å². The highest BCUT2D eigenvalue weighted by molar-refractivity contribution is 5.94. The summed E-state index contributed by atoms with van der Waals surface area (Å²) in [6, 6.07) is 0. The van der Waals surface area contributed by atoms with Crippen molar-refractivity contribution in [3.05, 3.63) is 7.43 Å². The van der Waals surface area contributed by atoms with Crippen molar-refractivity contribution in [2.24, 2.45) is 27.2 Å². The lowest BCUT2D eigenvalue weighted by Gasteiger charge is -1.99. The van der Waals surface area contributed by atoms with Crippen molar-refractivity contribution in [2.45, 2.75) is 33.1 Å². The Bertz CT molecular complexity index is 303. The van der Waals surface area contributed by atoms with E-state index in [2.05, 4.69) is 27.2 Å². The Hall–Kier alpha value is -1.79. The van der Waals surface area contributed by atoms with Crippen LogP contribution in [-0.2, 0) is 0 Å². The second-order valence-electron chi connectivity index (χ2n) is 3.96. The third-order valence-electron chi connectivity index (χ3n) is 2.07. The average molecular weight is 271 g/mol. The van der Waals surface area contributed by atoms with Gasteiger partial charge in [0.2, 0.25) is 0 Å². The maximum absolute atomic E-state index is 5.69. The lowest BCUT2D eigenvalue weighted by molar-refractivity contribution is -0.460. The van der Waals surface area contributed by atoms with Gasteiger partial charge in [-0.25, -0.2) is 10.3 Å². The number of nitrogens with one attached hydrogen (secondary N) is 2. The first-order valence-corrected chi connectivity index (χ1v) is 6.26. The number of rotatable bonds is 7. The fourth-order valence-electron chi connectivity index (χ4n) is 1.14. The van der Waals surface area contributed by atoms with Gasteiger partial charge in [0.05, 0.1) is 12.4 Å². The number of hydrogen-bond acceptors (Lipinski definition) is 2. The Morgan fingerprint density at radius 2 is 1.74 bits per heavy atom. The predicted octanol–water partition coefficient (Wildman–Crippen LogP) is -1.70. The van der Waals surface area contributed by atoms with Gasteiger partial charge >= 0.3 is 5.96 Å². The van der Waals surface area contributed by atoms with Crippen LogP contribution in [0, 0.1) is 7.43 Å². The lowest BCUT2D eigenvalue weighted by atomic mass is 10.3. The summed E-state index contributed by atoms with van der Waals surface area (Å²) in [4.78, 5) is 11.2. The number of nitrogens with two attached hydrogens (primary N) is 3. The number of unbranched alkanes of at least 4 members (excludes halogenated alkanes) is 1. The molecule has 0 rings (SSSR count). The molecular formula is C12H29N7. The van der Waals surface area contributed by atoms with E-state index in [0.717, 1.165) is 19.3 Å². The second-order valence-corrected chi connectivity index (χ2v) is 3.96. The number of nitrogens with zero attached hydrogens (tertiary/aromatic N) is 2. The standard InChI is InChI=1S/C11H25N7.CH3/c1-3-4-6-16-10(13)18-11(14)17-8-5-7-15-9(2)12;/h3-8H2,1-2H3,(H2,12,15)(H5,13,14,16,17,18);1H3/q;-1/p+1. The molecule has 0 saturated carbocycles. The fourth-order valence-corrected chi connectivity index (χ4v) is 1.14. The first-order valence-electron chi connectivity index (χ1n) is 6.26. The average Bonchev–Trinajstić information content (AvgIpc) is 2.28. The molecule has 0 heterocycles. The van der Waals surface area contributed by atoms with Gasteiger partial charge < -0.3 is 18.9 Å². The summed E-state index contributed by atoms with van der Waals surface area (Å²) in [7, 11) is 0. The molecule has 0 unspecified atom stereocenters. The number of amidine groups is 1. The van der Waals surface area contributed by atoms with Crippen LogP contribution >= 0.6 is 0 Å². The first-order chi connectivity index (χ1) is 8.56. The number of hydrogen-bond donors (Lipinski definition) is 5. The molecule has 0 aliphatic rings. The van der Waals surface area contributed by atoms with Crippen molar-refractivity contribution in [3.63, 3.8) is 0 Å². The summed E-state index contributed by atoms with van der Waals surface area (Å²) >= 11 is 0. The largest absolute Gasteiger partial charge is 0.388 e. The van der Waals surface area contributed by atoms with Crippen LogP contribution in [0.2, 0.25) is 0 Å². The van der Waals surface area contributed by atoms with E-state index in [4.69, 9.17) is 17.2 Å². The third kappa shape index (κ3) is 14.1. The van der Waals surface area contributed by atoms with Gasteiger partial charge in [0, 0.05) is 13.1 Å². The molecular weight excluding hydrogens is 242 g/mol. The molecule has 0 saturated heterocycles. The van der Waals surface area contributed by atoms with Crippen molar-refractivity contribution in [2.75, 3.05) is 19.6 Å². The molecule has 0 aliphatic heterocycles. The van der Waals surface area contributed by atoms with Crippen LogP contribution in [-0.4, -0.2) is 37.4 Å². The fraction of sp³-hybridized carbons (Fsp3) is 0.667. The Morgan fingerprint density at radius 1 is 1.11 bits per heavy atom. The minimum absolute atomic E-state index is 0. The van der Waals surface area contributed by atoms with E-state index in [0.29, 0.717) is 37.4 Å². The molecule has 0 aromatic carbocycles. The molecule has 0 amide bonds. The Balaban J connectivity index is 0. The number of guanidine groups is 2. The van der Waals surface area contributed by atoms with E-state index in [9.17, 15) is 0 Å². The van der Waals surface area contributed by atoms with Crippen LogP contribution in [0.4, 0.5) is 0 Å². The van der Waals surface area contributed by atoms with Crippen LogP contribution in [0.5, 0.6) is 0 Å². The van der Waals surface area contributed by atoms with E-state index < -0.39 is 0 Å². The highest BCUT2D eigenvalue weighted by atomic mass is 15.2. The van der Waals surface area contributed by atoms with Crippen LogP contribution in [0.25, 0.3) is 0 Å². The smallest absolute Gasteiger partial charge is 0.348 e. The number of aliphatic imine (C=N–C) groups is 2. The molecule has 0 spiro atoms. The molecule has 0 atom stereocenters. The van der Waals surface area contributed by atoms with E-state index in [1.54, 1.807) is 6.92 Å². The van der Waals surface area contributed by atoms with Gasteiger partial charge in [0.1, 0.15) is 0 Å². The summed E-state index contributed by atoms with van der Waals surface area (Å²) in [5.41, 5.74) is 16.8. The molecule has 0 aromatic rings. The quantitative estimate of drug-likeness (QED) is 0.164. The molecule has 8 N–H and O–H groups in total. The summed E-state index contributed by atoms with van der Waals surface area (Å²) in [5, 5.41) is 2.79. The summed E-state index contributed by atoms with van der Waals surface area (Å²) in [6.07, 6.45) is 2.96. The lowest BCUT2D eigenvalue weighted by Crippen LogP contribution is -2.79. The van der Waals surface area contributed by atoms with Gasteiger partial charge in [-0.05, 0) is 19.8 Å². The minimum atomic E-state index is 0. The molecule has 0 fully saturated rings. The van der Waals surface area contributed by atoms with Gasteiger partial charge in [0.25, 0.3) is 5.96 Å². The van der Waals surface area contributed by atoms with Crippen LogP contribution in [0.3, 0.4) is 0 Å². The van der Waals surface area contributed by atoms with Crippen LogP contribution < -0.4 is 27.5 Å². The Morgan fingerprint density at radius 3 is 2.32 bits per heavy atom. The van der Waals surface area contributed by atoms with Crippen LogP contribution in [0.15, 0.2) is 9.98 Å².